The number of hydrogen-bond donors (Lipinski definition) is 2. The molecule has 0 aliphatic heterocycles. The quantitative estimate of drug-likeness (QED) is 0.396. The van der Waals surface area contributed by atoms with Crippen molar-refractivity contribution in [2.45, 2.75) is 18.6 Å². The Balaban J connectivity index is 2.34. The molecule has 0 aliphatic rings. The van der Waals surface area contributed by atoms with Gasteiger partial charge in [-0.15, -0.1) is 0 Å². The van der Waals surface area contributed by atoms with Crippen molar-refractivity contribution in [2.75, 3.05) is 0 Å². The van der Waals surface area contributed by atoms with Crippen LogP contribution in [0.2, 0.25) is 15.1 Å². The lowest BCUT2D eigenvalue weighted by Crippen LogP contribution is -2.32. The standard InChI is InChI=1S/C16H10Cl4F3NO3/c17-10-6-9(16(21,22)23)12(18)13(19)14(10)27-8-3-1-2-7(4-8)5-11(24-20)15(25)26/h1-4,6,11,24H,5H2,(H,25,26)/t11-/m0/s1. The van der Waals surface area contributed by atoms with Crippen LogP contribution in [0.3, 0.4) is 0 Å². The van der Waals surface area contributed by atoms with Gasteiger partial charge in [-0.1, -0.05) is 46.9 Å². The van der Waals surface area contributed by atoms with Crippen molar-refractivity contribution in [1.29, 1.82) is 0 Å². The highest BCUT2D eigenvalue weighted by molar-refractivity contribution is 6.45. The Bertz CT molecular complexity index is 862. The molecule has 2 aromatic carbocycles. The van der Waals surface area contributed by atoms with Gasteiger partial charge in [-0.3, -0.25) is 4.79 Å². The lowest BCUT2D eigenvalue weighted by Gasteiger charge is -2.16. The number of nitrogens with one attached hydrogen (secondary N) is 1. The molecule has 4 nitrogen and oxygen atoms in total. The molecule has 0 unspecified atom stereocenters. The summed E-state index contributed by atoms with van der Waals surface area (Å²) >= 11 is 22.9. The summed E-state index contributed by atoms with van der Waals surface area (Å²) in [5.41, 5.74) is -0.643. The number of ether oxygens (including phenoxy) is 1. The molecule has 2 aromatic rings. The largest absolute Gasteiger partial charge is 0.480 e. The molecule has 0 amide bonds. The molecule has 2 N–H and O–H groups in total. The number of alkyl halides is 3. The van der Waals surface area contributed by atoms with Gasteiger partial charge >= 0.3 is 12.1 Å². The SMILES string of the molecule is O=C(O)[C@H](Cc1cccc(Oc2c(Cl)cc(C(F)(F)F)c(Cl)c2Cl)c1)NCl. The van der Waals surface area contributed by atoms with Gasteiger partial charge in [0.05, 0.1) is 15.6 Å². The summed E-state index contributed by atoms with van der Waals surface area (Å²) in [6.07, 6.45) is -4.70. The van der Waals surface area contributed by atoms with Crippen LogP contribution in [0.15, 0.2) is 30.3 Å². The zero-order valence-electron chi connectivity index (χ0n) is 13.1. The molecular weight excluding hydrogens is 453 g/mol. The maximum atomic E-state index is 12.9. The van der Waals surface area contributed by atoms with Gasteiger partial charge in [-0.2, -0.15) is 13.2 Å². The van der Waals surface area contributed by atoms with Gasteiger partial charge in [0.1, 0.15) is 16.8 Å². The van der Waals surface area contributed by atoms with E-state index in [1.54, 1.807) is 12.1 Å². The van der Waals surface area contributed by atoms with E-state index in [1.807, 2.05) is 0 Å². The predicted molar refractivity (Wildman–Crippen MR) is 97.1 cm³/mol. The van der Waals surface area contributed by atoms with E-state index in [4.69, 9.17) is 56.4 Å². The molecule has 0 aromatic heterocycles. The summed E-state index contributed by atoms with van der Waals surface area (Å²) in [7, 11) is 0. The third-order valence-electron chi connectivity index (χ3n) is 3.41. The fourth-order valence-electron chi connectivity index (χ4n) is 2.14. The van der Waals surface area contributed by atoms with Gasteiger partial charge in [0.15, 0.2) is 5.75 Å². The van der Waals surface area contributed by atoms with E-state index in [9.17, 15) is 18.0 Å². The highest BCUT2D eigenvalue weighted by Gasteiger charge is 2.36. The van der Waals surface area contributed by atoms with E-state index in [-0.39, 0.29) is 22.9 Å². The summed E-state index contributed by atoms with van der Waals surface area (Å²) < 4.78 is 44.3. The van der Waals surface area contributed by atoms with E-state index in [0.29, 0.717) is 11.6 Å². The van der Waals surface area contributed by atoms with Crippen LogP contribution in [-0.2, 0) is 17.4 Å². The van der Waals surface area contributed by atoms with Gasteiger partial charge in [0.2, 0.25) is 0 Å². The molecule has 2 rings (SSSR count). The molecule has 146 valence electrons. The van der Waals surface area contributed by atoms with Crippen LogP contribution in [0.1, 0.15) is 11.1 Å². The molecule has 0 heterocycles. The molecule has 0 bridgehead atoms. The Hall–Kier alpha value is -1.38. The highest BCUT2D eigenvalue weighted by Crippen LogP contribution is 2.47. The molecule has 0 saturated heterocycles. The van der Waals surface area contributed by atoms with Crippen molar-refractivity contribution >= 4 is 52.5 Å². The molecule has 0 fully saturated rings. The Morgan fingerprint density at radius 2 is 1.85 bits per heavy atom. The number of carbonyl (C=O) groups is 1. The predicted octanol–water partition coefficient (Wildman–Crippen LogP) is 6.20. The van der Waals surface area contributed by atoms with E-state index >= 15 is 0 Å². The first-order valence-corrected chi connectivity index (χ1v) is 8.66. The number of aliphatic carboxylic acids is 1. The Morgan fingerprint density at radius 1 is 1.19 bits per heavy atom. The third-order valence-corrected chi connectivity index (χ3v) is 4.80. The number of benzene rings is 2. The van der Waals surface area contributed by atoms with Crippen molar-refractivity contribution < 1.29 is 27.8 Å². The first-order valence-electron chi connectivity index (χ1n) is 7.15. The second-order valence-corrected chi connectivity index (χ2v) is 6.70. The molecule has 27 heavy (non-hydrogen) atoms. The minimum absolute atomic E-state index is 0.0330. The van der Waals surface area contributed by atoms with Gasteiger partial charge in [0, 0.05) is 0 Å². The van der Waals surface area contributed by atoms with E-state index in [1.165, 1.54) is 12.1 Å². The Kier molecular flexibility index (Phi) is 7.10. The zero-order chi connectivity index (χ0) is 20.4. The van der Waals surface area contributed by atoms with E-state index < -0.39 is 33.8 Å². The van der Waals surface area contributed by atoms with Crippen LogP contribution in [0, 0.1) is 0 Å². The van der Waals surface area contributed by atoms with Gasteiger partial charge in [-0.05, 0) is 42.0 Å². The van der Waals surface area contributed by atoms with Gasteiger partial charge in [-0.25, -0.2) is 4.84 Å². The molecule has 0 spiro atoms. The van der Waals surface area contributed by atoms with E-state index in [0.717, 1.165) is 0 Å². The molecule has 0 radical (unpaired) electrons. The van der Waals surface area contributed by atoms with Crippen LogP contribution < -0.4 is 9.57 Å². The summed E-state index contributed by atoms with van der Waals surface area (Å²) in [6.45, 7) is 0. The first kappa shape index (κ1) is 21.9. The van der Waals surface area contributed by atoms with Crippen LogP contribution in [-0.4, -0.2) is 17.1 Å². The van der Waals surface area contributed by atoms with Crippen molar-refractivity contribution in [3.8, 4) is 11.5 Å². The van der Waals surface area contributed by atoms with Crippen LogP contribution in [0.4, 0.5) is 13.2 Å². The second-order valence-electron chi connectivity index (χ2n) is 5.31. The van der Waals surface area contributed by atoms with Crippen molar-refractivity contribution in [1.82, 2.24) is 4.84 Å². The van der Waals surface area contributed by atoms with Gasteiger partial charge in [0.25, 0.3) is 0 Å². The molecular formula is C16H10Cl4F3NO3. The van der Waals surface area contributed by atoms with Crippen molar-refractivity contribution in [3.63, 3.8) is 0 Å². The molecule has 1 atom stereocenters. The lowest BCUT2D eigenvalue weighted by molar-refractivity contribution is -0.139. The minimum atomic E-state index is -4.73. The van der Waals surface area contributed by atoms with E-state index in [2.05, 4.69) is 4.84 Å². The number of carboxylic acid groups (broad SMARTS) is 1. The van der Waals surface area contributed by atoms with Crippen LogP contribution in [0.25, 0.3) is 0 Å². The highest BCUT2D eigenvalue weighted by atomic mass is 35.5. The van der Waals surface area contributed by atoms with Crippen molar-refractivity contribution in [2.24, 2.45) is 0 Å². The number of rotatable bonds is 6. The summed E-state index contributed by atoms with van der Waals surface area (Å²) in [5.74, 6) is -1.23. The maximum Gasteiger partial charge on any atom is 0.417 e. The first-order chi connectivity index (χ1) is 12.5. The fraction of sp³-hybridized carbons (Fsp3) is 0.188. The molecule has 0 aliphatic carbocycles. The average molecular weight is 463 g/mol. The van der Waals surface area contributed by atoms with Crippen LogP contribution >= 0.6 is 46.6 Å². The van der Waals surface area contributed by atoms with Crippen molar-refractivity contribution in [3.05, 3.63) is 56.5 Å². The minimum Gasteiger partial charge on any atom is -0.480 e. The molecule has 11 heteroatoms. The second kappa shape index (κ2) is 8.75. The average Bonchev–Trinajstić information content (AvgIpc) is 2.58. The number of carboxylic acids is 1. The zero-order valence-corrected chi connectivity index (χ0v) is 16.1. The number of hydrogen-bond acceptors (Lipinski definition) is 3. The summed E-state index contributed by atoms with van der Waals surface area (Å²) in [5, 5.41) is 7.40. The smallest absolute Gasteiger partial charge is 0.417 e. The fourth-order valence-corrected chi connectivity index (χ4v) is 3.09. The number of halogens is 7. The Morgan fingerprint density at radius 3 is 2.41 bits per heavy atom. The maximum absolute atomic E-state index is 12.9. The Labute approximate surface area is 171 Å². The van der Waals surface area contributed by atoms with Crippen LogP contribution in [0.5, 0.6) is 11.5 Å². The topological polar surface area (TPSA) is 58.6 Å². The lowest BCUT2D eigenvalue weighted by atomic mass is 10.1. The van der Waals surface area contributed by atoms with Gasteiger partial charge < -0.3 is 9.84 Å². The summed E-state index contributed by atoms with van der Waals surface area (Å²) in [4.78, 5) is 13.2. The monoisotopic (exact) mass is 461 g/mol. The summed E-state index contributed by atoms with van der Waals surface area (Å²) in [6, 6.07) is 5.72. The normalized spacial score (nSPS) is 12.7. The third kappa shape index (κ3) is 5.33. The molecule has 0 saturated carbocycles.